The van der Waals surface area contributed by atoms with Crippen molar-refractivity contribution in [3.8, 4) is 16.9 Å². The molecule has 2 aromatic rings. The molecule has 2 heterocycles. The quantitative estimate of drug-likeness (QED) is 0.803. The third-order valence-electron chi connectivity index (χ3n) is 4.89. The number of carboxylic acid groups (broad SMARTS) is 1. The summed E-state index contributed by atoms with van der Waals surface area (Å²) in [6.07, 6.45) is -5.44. The minimum Gasteiger partial charge on any atom is -0.491 e. The van der Waals surface area contributed by atoms with Crippen molar-refractivity contribution in [1.82, 2.24) is 10.2 Å². The first-order chi connectivity index (χ1) is 13.8. The highest BCUT2D eigenvalue weighted by molar-refractivity contribution is 6.03. The molecule has 0 radical (unpaired) electrons. The highest BCUT2D eigenvalue weighted by Crippen LogP contribution is 2.33. The van der Waals surface area contributed by atoms with Gasteiger partial charge in [0, 0.05) is 13.1 Å². The van der Waals surface area contributed by atoms with Crippen molar-refractivity contribution in [2.24, 2.45) is 4.99 Å². The van der Waals surface area contributed by atoms with E-state index in [4.69, 9.17) is 9.84 Å². The van der Waals surface area contributed by atoms with E-state index in [-0.39, 0.29) is 6.04 Å². The fourth-order valence-electron chi connectivity index (χ4n) is 3.44. The first-order valence-electron chi connectivity index (χ1n) is 9.05. The van der Waals surface area contributed by atoms with Crippen LogP contribution >= 0.6 is 0 Å². The van der Waals surface area contributed by atoms with Crippen LogP contribution in [-0.4, -0.2) is 54.2 Å². The summed E-state index contributed by atoms with van der Waals surface area (Å²) in [5.74, 6) is 1.35. The van der Waals surface area contributed by atoms with Gasteiger partial charge in [-0.05, 0) is 35.4 Å². The molecule has 0 aliphatic carbocycles. The summed E-state index contributed by atoms with van der Waals surface area (Å²) in [4.78, 5) is 17.3. The molecular weight excluding hydrogens is 387 g/mol. The molecule has 0 atom stereocenters. The van der Waals surface area contributed by atoms with Gasteiger partial charge in [0.15, 0.2) is 0 Å². The number of amidine groups is 1. The van der Waals surface area contributed by atoms with Crippen LogP contribution < -0.4 is 10.1 Å². The molecule has 29 heavy (non-hydrogen) atoms. The number of carbonyl (C=O) groups is 1. The highest BCUT2D eigenvalue weighted by atomic mass is 19.4. The molecular formula is C20H18F3N3O3. The molecule has 0 bridgehead atoms. The Morgan fingerprint density at radius 1 is 1.14 bits per heavy atom. The molecule has 152 valence electrons. The largest absolute Gasteiger partial charge is 0.491 e. The van der Waals surface area contributed by atoms with Gasteiger partial charge in [0.05, 0.1) is 23.7 Å². The molecule has 4 rings (SSSR count). The van der Waals surface area contributed by atoms with Gasteiger partial charge in [-0.3, -0.25) is 4.99 Å². The smallest absolute Gasteiger partial charge is 0.416 e. The van der Waals surface area contributed by atoms with Crippen molar-refractivity contribution in [2.75, 3.05) is 26.2 Å². The van der Waals surface area contributed by atoms with Crippen LogP contribution in [0.3, 0.4) is 0 Å². The van der Waals surface area contributed by atoms with Crippen molar-refractivity contribution < 1.29 is 27.8 Å². The predicted molar refractivity (Wildman–Crippen MR) is 100 cm³/mol. The Kier molecular flexibility index (Phi) is 4.81. The van der Waals surface area contributed by atoms with E-state index in [0.717, 1.165) is 23.3 Å². The van der Waals surface area contributed by atoms with Crippen LogP contribution in [0.2, 0.25) is 0 Å². The second kappa shape index (κ2) is 7.31. The van der Waals surface area contributed by atoms with E-state index in [1.807, 2.05) is 11.0 Å². The number of nitrogens with zero attached hydrogens (tertiary/aromatic N) is 2. The lowest BCUT2D eigenvalue weighted by atomic mass is 9.99. The second-order valence-electron chi connectivity index (χ2n) is 6.89. The molecule has 2 aliphatic rings. The normalized spacial score (nSPS) is 16.8. The molecule has 2 aliphatic heterocycles. The van der Waals surface area contributed by atoms with Crippen molar-refractivity contribution >= 4 is 11.9 Å². The average molecular weight is 405 g/mol. The van der Waals surface area contributed by atoms with Gasteiger partial charge in [-0.25, -0.2) is 4.79 Å². The average Bonchev–Trinajstić information content (AvgIpc) is 2.85. The van der Waals surface area contributed by atoms with Crippen molar-refractivity contribution in [3.05, 3.63) is 53.6 Å². The molecule has 0 spiro atoms. The molecule has 2 N–H and O–H groups in total. The number of likely N-dealkylation sites (tertiary alicyclic amines) is 1. The number of alkyl halides is 3. The fraction of sp³-hybridized carbons (Fsp3) is 0.300. The van der Waals surface area contributed by atoms with Crippen LogP contribution in [0, 0.1) is 0 Å². The van der Waals surface area contributed by atoms with E-state index < -0.39 is 17.8 Å². The summed E-state index contributed by atoms with van der Waals surface area (Å²) in [6, 6.07) is 10.3. The van der Waals surface area contributed by atoms with E-state index in [9.17, 15) is 18.0 Å². The molecule has 9 heteroatoms. The molecule has 1 amide bonds. The minimum atomic E-state index is -4.38. The fourth-order valence-corrected chi connectivity index (χ4v) is 3.44. The molecule has 6 nitrogen and oxygen atoms in total. The van der Waals surface area contributed by atoms with Crippen LogP contribution in [-0.2, 0) is 6.18 Å². The van der Waals surface area contributed by atoms with E-state index >= 15 is 0 Å². The lowest BCUT2D eigenvalue weighted by Gasteiger charge is -2.41. The Labute approximate surface area is 164 Å². The number of aliphatic imine (C=N–C) groups is 1. The maximum Gasteiger partial charge on any atom is 0.416 e. The standard InChI is InChI=1S/C20H18F3N3O3/c21-20(22,23)14-4-1-12(2-5-14)13-3-6-17-16(9-13)18(24-7-8-29-17)26-10-15(11-26)25-19(27)28/h1-6,9,15,25H,7-8,10-11H2,(H,27,28). The predicted octanol–water partition coefficient (Wildman–Crippen LogP) is 3.46. The van der Waals surface area contributed by atoms with Crippen LogP contribution in [0.5, 0.6) is 5.75 Å². The minimum absolute atomic E-state index is 0.166. The maximum atomic E-state index is 12.8. The van der Waals surface area contributed by atoms with Crippen LogP contribution in [0.4, 0.5) is 18.0 Å². The Morgan fingerprint density at radius 2 is 1.83 bits per heavy atom. The Morgan fingerprint density at radius 3 is 2.48 bits per heavy atom. The summed E-state index contributed by atoms with van der Waals surface area (Å²) in [6.45, 7) is 1.87. The number of hydrogen-bond donors (Lipinski definition) is 2. The third-order valence-corrected chi connectivity index (χ3v) is 4.89. The summed E-state index contributed by atoms with van der Waals surface area (Å²) >= 11 is 0. The summed E-state index contributed by atoms with van der Waals surface area (Å²) < 4.78 is 44.2. The van der Waals surface area contributed by atoms with E-state index in [0.29, 0.717) is 43.4 Å². The topological polar surface area (TPSA) is 74.2 Å². The zero-order valence-electron chi connectivity index (χ0n) is 15.2. The number of halogens is 3. The lowest BCUT2D eigenvalue weighted by molar-refractivity contribution is -0.137. The monoisotopic (exact) mass is 405 g/mol. The Balaban J connectivity index is 1.61. The summed E-state index contributed by atoms with van der Waals surface area (Å²) in [7, 11) is 0. The molecule has 0 aromatic heterocycles. The van der Waals surface area contributed by atoms with Crippen LogP contribution in [0.15, 0.2) is 47.5 Å². The van der Waals surface area contributed by atoms with Gasteiger partial charge in [-0.1, -0.05) is 18.2 Å². The number of hydrogen-bond acceptors (Lipinski definition) is 4. The van der Waals surface area contributed by atoms with E-state index in [2.05, 4.69) is 10.3 Å². The lowest BCUT2D eigenvalue weighted by Crippen LogP contribution is -2.61. The number of ether oxygens (including phenoxy) is 1. The second-order valence-corrected chi connectivity index (χ2v) is 6.89. The highest BCUT2D eigenvalue weighted by Gasteiger charge is 2.33. The van der Waals surface area contributed by atoms with Gasteiger partial charge in [-0.15, -0.1) is 0 Å². The Bertz CT molecular complexity index is 952. The number of benzene rings is 2. The maximum absolute atomic E-state index is 12.8. The summed E-state index contributed by atoms with van der Waals surface area (Å²) in [5, 5.41) is 11.3. The first kappa shape index (κ1) is 19.1. The third kappa shape index (κ3) is 3.98. The number of rotatable bonds is 2. The van der Waals surface area contributed by atoms with Gasteiger partial charge in [-0.2, -0.15) is 13.2 Å². The number of fused-ring (bicyclic) bond motifs is 1. The van der Waals surface area contributed by atoms with Crippen molar-refractivity contribution in [2.45, 2.75) is 12.2 Å². The summed E-state index contributed by atoms with van der Waals surface area (Å²) in [5.41, 5.74) is 1.45. The molecule has 2 aromatic carbocycles. The van der Waals surface area contributed by atoms with Crippen molar-refractivity contribution in [3.63, 3.8) is 0 Å². The molecule has 0 saturated carbocycles. The Hall–Kier alpha value is -3.23. The molecule has 1 saturated heterocycles. The van der Waals surface area contributed by atoms with Gasteiger partial charge in [0.25, 0.3) is 0 Å². The van der Waals surface area contributed by atoms with Gasteiger partial charge < -0.3 is 20.1 Å². The van der Waals surface area contributed by atoms with Gasteiger partial charge >= 0.3 is 12.3 Å². The zero-order valence-corrected chi connectivity index (χ0v) is 15.2. The SMILES string of the molecule is O=C(O)NC1CN(C2=NCCOc3ccc(-c4ccc(C(F)(F)F)cc4)cc32)C1. The van der Waals surface area contributed by atoms with E-state index in [1.54, 1.807) is 12.1 Å². The number of nitrogens with one attached hydrogen (secondary N) is 1. The van der Waals surface area contributed by atoms with Crippen LogP contribution in [0.25, 0.3) is 11.1 Å². The zero-order chi connectivity index (χ0) is 20.6. The van der Waals surface area contributed by atoms with Gasteiger partial charge in [0.1, 0.15) is 18.2 Å². The number of amides is 1. The van der Waals surface area contributed by atoms with Crippen molar-refractivity contribution in [1.29, 1.82) is 0 Å². The van der Waals surface area contributed by atoms with Gasteiger partial charge in [0.2, 0.25) is 0 Å². The van der Waals surface area contributed by atoms with E-state index in [1.165, 1.54) is 12.1 Å². The molecule has 1 fully saturated rings. The van der Waals surface area contributed by atoms with Crippen LogP contribution in [0.1, 0.15) is 11.1 Å². The first-order valence-corrected chi connectivity index (χ1v) is 9.05. The molecule has 0 unspecified atom stereocenters.